The van der Waals surface area contributed by atoms with Crippen LogP contribution < -0.4 is 9.47 Å². The molecule has 3 nitrogen and oxygen atoms in total. The van der Waals surface area contributed by atoms with Gasteiger partial charge in [0.05, 0.1) is 6.10 Å². The minimum absolute atomic E-state index is 0.327. The summed E-state index contributed by atoms with van der Waals surface area (Å²) in [6.07, 6.45) is 0.323. The third-order valence-electron chi connectivity index (χ3n) is 2.42. The lowest BCUT2D eigenvalue weighted by atomic mass is 10.0. The molecule has 0 fully saturated rings. The van der Waals surface area contributed by atoms with Crippen molar-refractivity contribution in [1.29, 1.82) is 0 Å². The SMILES string of the molecule is Cc1cc(CC(C)O)cc2c1OCCO2. The van der Waals surface area contributed by atoms with E-state index < -0.39 is 0 Å². The van der Waals surface area contributed by atoms with Gasteiger partial charge in [-0.1, -0.05) is 6.07 Å². The maximum atomic E-state index is 9.33. The van der Waals surface area contributed by atoms with Gasteiger partial charge < -0.3 is 14.6 Å². The summed E-state index contributed by atoms with van der Waals surface area (Å²) in [7, 11) is 0. The molecule has 1 unspecified atom stereocenters. The Bertz CT molecular complexity index is 358. The van der Waals surface area contributed by atoms with Crippen LogP contribution >= 0.6 is 0 Å². The second kappa shape index (κ2) is 4.11. The third kappa shape index (κ3) is 2.23. The van der Waals surface area contributed by atoms with Gasteiger partial charge in [-0.3, -0.25) is 0 Å². The van der Waals surface area contributed by atoms with Gasteiger partial charge in [0.15, 0.2) is 11.5 Å². The molecule has 0 spiro atoms. The Labute approximate surface area is 89.6 Å². The molecule has 82 valence electrons. The third-order valence-corrected chi connectivity index (χ3v) is 2.42. The highest BCUT2D eigenvalue weighted by atomic mass is 16.6. The van der Waals surface area contributed by atoms with Crippen molar-refractivity contribution in [2.75, 3.05) is 13.2 Å². The molecule has 15 heavy (non-hydrogen) atoms. The van der Waals surface area contributed by atoms with Crippen molar-refractivity contribution in [2.45, 2.75) is 26.4 Å². The lowest BCUT2D eigenvalue weighted by molar-refractivity contribution is 0.169. The Hall–Kier alpha value is -1.22. The highest BCUT2D eigenvalue weighted by Gasteiger charge is 2.15. The van der Waals surface area contributed by atoms with E-state index in [4.69, 9.17) is 9.47 Å². The van der Waals surface area contributed by atoms with Gasteiger partial charge in [0, 0.05) is 0 Å². The zero-order chi connectivity index (χ0) is 10.8. The average Bonchev–Trinajstić information content (AvgIpc) is 2.16. The smallest absolute Gasteiger partial charge is 0.164 e. The molecule has 3 heteroatoms. The van der Waals surface area contributed by atoms with Gasteiger partial charge in [-0.05, 0) is 37.5 Å². The second-order valence-electron chi connectivity index (χ2n) is 3.99. The first-order valence-corrected chi connectivity index (χ1v) is 5.24. The number of fused-ring (bicyclic) bond motifs is 1. The van der Waals surface area contributed by atoms with E-state index in [0.717, 1.165) is 22.6 Å². The van der Waals surface area contributed by atoms with E-state index >= 15 is 0 Å². The maximum absolute atomic E-state index is 9.33. The summed E-state index contributed by atoms with van der Waals surface area (Å²) in [6, 6.07) is 3.99. The Balaban J connectivity index is 2.32. The van der Waals surface area contributed by atoms with Crippen LogP contribution in [0, 0.1) is 6.92 Å². The first kappa shape index (κ1) is 10.3. The summed E-state index contributed by atoms with van der Waals surface area (Å²) in [6.45, 7) is 5.00. The van der Waals surface area contributed by atoms with Crippen LogP contribution in [0.4, 0.5) is 0 Å². The molecule has 0 radical (unpaired) electrons. The van der Waals surface area contributed by atoms with E-state index in [-0.39, 0.29) is 6.10 Å². The number of aryl methyl sites for hydroxylation is 1. The highest BCUT2D eigenvalue weighted by Crippen LogP contribution is 2.34. The number of hydrogen-bond acceptors (Lipinski definition) is 3. The lowest BCUT2D eigenvalue weighted by Crippen LogP contribution is -2.16. The molecule has 0 amide bonds. The number of rotatable bonds is 2. The fourth-order valence-electron chi connectivity index (χ4n) is 1.86. The van der Waals surface area contributed by atoms with E-state index in [1.807, 2.05) is 19.1 Å². The van der Waals surface area contributed by atoms with Crippen molar-refractivity contribution in [3.8, 4) is 11.5 Å². The van der Waals surface area contributed by atoms with Crippen LogP contribution in [-0.4, -0.2) is 24.4 Å². The molecule has 1 aliphatic heterocycles. The molecular weight excluding hydrogens is 192 g/mol. The minimum Gasteiger partial charge on any atom is -0.486 e. The molecule has 1 aliphatic rings. The minimum atomic E-state index is -0.327. The number of ether oxygens (including phenoxy) is 2. The van der Waals surface area contributed by atoms with Crippen LogP contribution in [0.3, 0.4) is 0 Å². The van der Waals surface area contributed by atoms with Crippen LogP contribution in [0.5, 0.6) is 11.5 Å². The summed E-state index contributed by atoms with van der Waals surface area (Å²) in [4.78, 5) is 0. The van der Waals surface area contributed by atoms with Crippen molar-refractivity contribution in [2.24, 2.45) is 0 Å². The first-order valence-electron chi connectivity index (χ1n) is 5.24. The summed E-state index contributed by atoms with van der Waals surface area (Å²) < 4.78 is 11.0. The Kier molecular flexibility index (Phi) is 2.82. The molecule has 1 atom stereocenters. The first-order chi connectivity index (χ1) is 7.16. The zero-order valence-corrected chi connectivity index (χ0v) is 9.12. The fourth-order valence-corrected chi connectivity index (χ4v) is 1.86. The topological polar surface area (TPSA) is 38.7 Å². The predicted molar refractivity (Wildman–Crippen MR) is 57.6 cm³/mol. The van der Waals surface area contributed by atoms with Gasteiger partial charge in [0.25, 0.3) is 0 Å². The van der Waals surface area contributed by atoms with Crippen LogP contribution in [0.2, 0.25) is 0 Å². The molecule has 1 heterocycles. The Morgan fingerprint density at radius 2 is 2.07 bits per heavy atom. The summed E-state index contributed by atoms with van der Waals surface area (Å²) in [5.74, 6) is 1.65. The van der Waals surface area contributed by atoms with Crippen molar-refractivity contribution in [3.05, 3.63) is 23.3 Å². The van der Waals surface area contributed by atoms with Crippen LogP contribution in [-0.2, 0) is 6.42 Å². The van der Waals surface area contributed by atoms with Gasteiger partial charge in [-0.25, -0.2) is 0 Å². The molecule has 0 saturated carbocycles. The van der Waals surface area contributed by atoms with Crippen molar-refractivity contribution in [1.82, 2.24) is 0 Å². The number of aliphatic hydroxyl groups is 1. The van der Waals surface area contributed by atoms with Crippen molar-refractivity contribution in [3.63, 3.8) is 0 Å². The quantitative estimate of drug-likeness (QED) is 0.803. The number of aliphatic hydroxyl groups excluding tert-OH is 1. The monoisotopic (exact) mass is 208 g/mol. The lowest BCUT2D eigenvalue weighted by Gasteiger charge is -2.21. The Morgan fingerprint density at radius 1 is 1.33 bits per heavy atom. The maximum Gasteiger partial charge on any atom is 0.164 e. The van der Waals surface area contributed by atoms with Crippen LogP contribution in [0.1, 0.15) is 18.1 Å². The molecular formula is C12H16O3. The zero-order valence-electron chi connectivity index (χ0n) is 9.12. The van der Waals surface area contributed by atoms with E-state index in [1.165, 1.54) is 0 Å². The van der Waals surface area contributed by atoms with E-state index in [9.17, 15) is 5.11 Å². The molecule has 1 aromatic carbocycles. The van der Waals surface area contributed by atoms with Gasteiger partial charge in [0.1, 0.15) is 13.2 Å². The Morgan fingerprint density at radius 3 is 2.80 bits per heavy atom. The molecule has 1 N–H and O–H groups in total. The van der Waals surface area contributed by atoms with Gasteiger partial charge >= 0.3 is 0 Å². The second-order valence-corrected chi connectivity index (χ2v) is 3.99. The van der Waals surface area contributed by atoms with Gasteiger partial charge in [-0.15, -0.1) is 0 Å². The van der Waals surface area contributed by atoms with Gasteiger partial charge in [0.2, 0.25) is 0 Å². The summed E-state index contributed by atoms with van der Waals surface area (Å²) >= 11 is 0. The largest absolute Gasteiger partial charge is 0.486 e. The molecule has 1 aromatic rings. The van der Waals surface area contributed by atoms with Crippen molar-refractivity contribution < 1.29 is 14.6 Å². The van der Waals surface area contributed by atoms with E-state index in [1.54, 1.807) is 6.92 Å². The molecule has 0 aromatic heterocycles. The molecule has 0 bridgehead atoms. The number of benzene rings is 1. The van der Waals surface area contributed by atoms with Crippen molar-refractivity contribution >= 4 is 0 Å². The van der Waals surface area contributed by atoms with Crippen LogP contribution in [0.15, 0.2) is 12.1 Å². The van der Waals surface area contributed by atoms with E-state index in [0.29, 0.717) is 19.6 Å². The van der Waals surface area contributed by atoms with Crippen LogP contribution in [0.25, 0.3) is 0 Å². The fraction of sp³-hybridized carbons (Fsp3) is 0.500. The summed E-state index contributed by atoms with van der Waals surface area (Å²) in [5, 5.41) is 9.33. The molecule has 0 aliphatic carbocycles. The summed E-state index contributed by atoms with van der Waals surface area (Å²) in [5.41, 5.74) is 2.16. The predicted octanol–water partition coefficient (Wildman–Crippen LogP) is 1.69. The molecule has 2 rings (SSSR count). The average molecular weight is 208 g/mol. The van der Waals surface area contributed by atoms with Gasteiger partial charge in [-0.2, -0.15) is 0 Å². The highest BCUT2D eigenvalue weighted by molar-refractivity contribution is 5.49. The van der Waals surface area contributed by atoms with E-state index in [2.05, 4.69) is 0 Å². The number of hydrogen-bond donors (Lipinski definition) is 1. The standard InChI is InChI=1S/C12H16O3/c1-8-5-10(6-9(2)13)7-11-12(8)15-4-3-14-11/h5,7,9,13H,3-4,6H2,1-2H3. The molecule has 0 saturated heterocycles. The normalized spacial score (nSPS) is 16.2.